The number of rotatable bonds is 12. The molecule has 0 amide bonds. The molecule has 0 saturated carbocycles. The summed E-state index contributed by atoms with van der Waals surface area (Å²) in [6, 6.07) is 0.764. The molecule has 2 nitrogen and oxygen atoms in total. The molecule has 1 N–H and O–H groups in total. The SMILES string of the molecule is CCC(CC)N(CCNCCCC(C)C)CC(C)C. The molecule has 0 aromatic heterocycles. The zero-order chi connectivity index (χ0) is 14.7. The lowest BCUT2D eigenvalue weighted by Gasteiger charge is -2.32. The highest BCUT2D eigenvalue weighted by Crippen LogP contribution is 2.10. The van der Waals surface area contributed by atoms with Crippen LogP contribution in [-0.4, -0.2) is 37.1 Å². The maximum absolute atomic E-state index is 3.61. The second-order valence-corrected chi connectivity index (χ2v) is 6.65. The van der Waals surface area contributed by atoms with Gasteiger partial charge in [0.05, 0.1) is 0 Å². The van der Waals surface area contributed by atoms with Crippen molar-refractivity contribution in [2.24, 2.45) is 11.8 Å². The molecule has 0 aliphatic heterocycles. The molecule has 0 bridgehead atoms. The van der Waals surface area contributed by atoms with E-state index < -0.39 is 0 Å². The molecule has 0 heterocycles. The largest absolute Gasteiger partial charge is 0.315 e. The van der Waals surface area contributed by atoms with Crippen LogP contribution in [0.5, 0.6) is 0 Å². The van der Waals surface area contributed by atoms with Crippen molar-refractivity contribution >= 4 is 0 Å². The minimum Gasteiger partial charge on any atom is -0.315 e. The van der Waals surface area contributed by atoms with Crippen LogP contribution < -0.4 is 5.32 Å². The Morgan fingerprint density at radius 1 is 0.895 bits per heavy atom. The number of nitrogens with one attached hydrogen (secondary N) is 1. The third-order valence-corrected chi connectivity index (χ3v) is 3.77. The second kappa shape index (κ2) is 11.7. The standard InChI is InChI=1S/C17H38N2/c1-7-17(8-2)19(14-16(5)6)13-12-18-11-9-10-15(3)4/h15-18H,7-14H2,1-6H3. The molecule has 0 radical (unpaired) electrons. The normalized spacial score (nSPS) is 12.3. The molecule has 0 spiro atoms. The lowest BCUT2D eigenvalue weighted by atomic mass is 10.1. The van der Waals surface area contributed by atoms with Gasteiger partial charge >= 0.3 is 0 Å². The van der Waals surface area contributed by atoms with Crippen molar-refractivity contribution in [3.05, 3.63) is 0 Å². The van der Waals surface area contributed by atoms with Gasteiger partial charge < -0.3 is 5.32 Å². The van der Waals surface area contributed by atoms with Crippen LogP contribution in [0.15, 0.2) is 0 Å². The zero-order valence-corrected chi connectivity index (χ0v) is 14.3. The Hall–Kier alpha value is -0.0800. The van der Waals surface area contributed by atoms with E-state index in [4.69, 9.17) is 0 Å². The van der Waals surface area contributed by atoms with Gasteiger partial charge in [-0.15, -0.1) is 0 Å². The van der Waals surface area contributed by atoms with Crippen LogP contribution >= 0.6 is 0 Å². The van der Waals surface area contributed by atoms with Gasteiger partial charge in [0.2, 0.25) is 0 Å². The van der Waals surface area contributed by atoms with Crippen molar-refractivity contribution in [2.75, 3.05) is 26.2 Å². The van der Waals surface area contributed by atoms with Gasteiger partial charge in [0.1, 0.15) is 0 Å². The van der Waals surface area contributed by atoms with Crippen molar-refractivity contribution in [3.8, 4) is 0 Å². The zero-order valence-electron chi connectivity index (χ0n) is 14.3. The summed E-state index contributed by atoms with van der Waals surface area (Å²) in [5.41, 5.74) is 0. The Morgan fingerprint density at radius 2 is 1.53 bits per heavy atom. The minimum atomic E-state index is 0.764. The fraction of sp³-hybridized carbons (Fsp3) is 1.00. The van der Waals surface area contributed by atoms with E-state index >= 15 is 0 Å². The van der Waals surface area contributed by atoms with E-state index in [1.54, 1.807) is 0 Å². The molecule has 0 unspecified atom stereocenters. The molecule has 116 valence electrons. The molecule has 0 saturated heterocycles. The van der Waals surface area contributed by atoms with E-state index in [-0.39, 0.29) is 0 Å². The summed E-state index contributed by atoms with van der Waals surface area (Å²) in [7, 11) is 0. The summed E-state index contributed by atoms with van der Waals surface area (Å²) in [5.74, 6) is 1.60. The number of hydrogen-bond acceptors (Lipinski definition) is 2. The average Bonchev–Trinajstić information content (AvgIpc) is 2.33. The van der Waals surface area contributed by atoms with Gasteiger partial charge in [0.25, 0.3) is 0 Å². The first-order chi connectivity index (χ1) is 9.01. The summed E-state index contributed by atoms with van der Waals surface area (Å²) in [5, 5.41) is 3.61. The van der Waals surface area contributed by atoms with Gasteiger partial charge in [-0.05, 0) is 44.1 Å². The number of nitrogens with zero attached hydrogens (tertiary/aromatic N) is 1. The molecule has 0 fully saturated rings. The van der Waals surface area contributed by atoms with Crippen LogP contribution in [0.25, 0.3) is 0 Å². The predicted octanol–water partition coefficient (Wildman–Crippen LogP) is 4.16. The van der Waals surface area contributed by atoms with E-state index in [0.717, 1.165) is 24.4 Å². The van der Waals surface area contributed by atoms with Crippen molar-refractivity contribution < 1.29 is 0 Å². The quantitative estimate of drug-likeness (QED) is 0.536. The smallest absolute Gasteiger partial charge is 0.0110 e. The van der Waals surface area contributed by atoms with Crippen molar-refractivity contribution in [1.29, 1.82) is 0 Å². The van der Waals surface area contributed by atoms with Crippen LogP contribution in [0.2, 0.25) is 0 Å². The van der Waals surface area contributed by atoms with Gasteiger partial charge in [0, 0.05) is 25.7 Å². The van der Waals surface area contributed by atoms with Gasteiger partial charge in [-0.2, -0.15) is 0 Å². The van der Waals surface area contributed by atoms with Crippen molar-refractivity contribution in [2.45, 2.75) is 73.3 Å². The fourth-order valence-corrected chi connectivity index (χ4v) is 2.68. The van der Waals surface area contributed by atoms with E-state index in [1.165, 1.54) is 45.3 Å². The molecule has 19 heavy (non-hydrogen) atoms. The van der Waals surface area contributed by atoms with Crippen LogP contribution in [0.3, 0.4) is 0 Å². The van der Waals surface area contributed by atoms with Crippen LogP contribution in [0, 0.1) is 11.8 Å². The molecular weight excluding hydrogens is 232 g/mol. The molecule has 0 aromatic carbocycles. The van der Waals surface area contributed by atoms with Crippen molar-refractivity contribution in [3.63, 3.8) is 0 Å². The Kier molecular flexibility index (Phi) is 11.7. The Balaban J connectivity index is 3.85. The minimum absolute atomic E-state index is 0.764. The highest BCUT2D eigenvalue weighted by molar-refractivity contribution is 4.71. The van der Waals surface area contributed by atoms with Crippen LogP contribution in [0.1, 0.15) is 67.2 Å². The first kappa shape index (κ1) is 18.9. The molecular formula is C17H38N2. The monoisotopic (exact) mass is 270 g/mol. The molecule has 0 atom stereocenters. The third kappa shape index (κ3) is 10.4. The summed E-state index contributed by atoms with van der Waals surface area (Å²) in [6.07, 6.45) is 5.20. The second-order valence-electron chi connectivity index (χ2n) is 6.65. The summed E-state index contributed by atoms with van der Waals surface area (Å²) in [6.45, 7) is 18.6. The van der Waals surface area contributed by atoms with Crippen LogP contribution in [-0.2, 0) is 0 Å². The van der Waals surface area contributed by atoms with Crippen molar-refractivity contribution in [1.82, 2.24) is 10.2 Å². The van der Waals surface area contributed by atoms with Crippen LogP contribution in [0.4, 0.5) is 0 Å². The molecule has 0 aliphatic carbocycles. The van der Waals surface area contributed by atoms with Gasteiger partial charge in [0.15, 0.2) is 0 Å². The highest BCUT2D eigenvalue weighted by atomic mass is 15.2. The van der Waals surface area contributed by atoms with Gasteiger partial charge in [-0.25, -0.2) is 0 Å². The average molecular weight is 271 g/mol. The van der Waals surface area contributed by atoms with Gasteiger partial charge in [-0.3, -0.25) is 4.90 Å². The summed E-state index contributed by atoms with van der Waals surface area (Å²) < 4.78 is 0. The molecule has 2 heteroatoms. The summed E-state index contributed by atoms with van der Waals surface area (Å²) in [4.78, 5) is 2.68. The van der Waals surface area contributed by atoms with E-state index in [9.17, 15) is 0 Å². The maximum atomic E-state index is 3.61. The predicted molar refractivity (Wildman–Crippen MR) is 87.7 cm³/mol. The van der Waals surface area contributed by atoms with Gasteiger partial charge in [-0.1, -0.05) is 41.5 Å². The summed E-state index contributed by atoms with van der Waals surface area (Å²) >= 11 is 0. The topological polar surface area (TPSA) is 15.3 Å². The Labute approximate surface area is 122 Å². The molecule has 0 aromatic rings. The Bertz CT molecular complexity index is 186. The number of hydrogen-bond donors (Lipinski definition) is 1. The highest BCUT2D eigenvalue weighted by Gasteiger charge is 2.15. The lowest BCUT2D eigenvalue weighted by Crippen LogP contribution is -2.41. The first-order valence-electron chi connectivity index (χ1n) is 8.45. The van der Waals surface area contributed by atoms with E-state index in [2.05, 4.69) is 51.8 Å². The lowest BCUT2D eigenvalue weighted by molar-refractivity contribution is 0.166. The van der Waals surface area contributed by atoms with E-state index in [1.807, 2.05) is 0 Å². The Morgan fingerprint density at radius 3 is 2.00 bits per heavy atom. The molecule has 0 rings (SSSR count). The fourth-order valence-electron chi connectivity index (χ4n) is 2.68. The first-order valence-corrected chi connectivity index (χ1v) is 8.45. The molecule has 0 aliphatic rings. The third-order valence-electron chi connectivity index (χ3n) is 3.77. The van der Waals surface area contributed by atoms with E-state index in [0.29, 0.717) is 0 Å². The maximum Gasteiger partial charge on any atom is 0.0110 e.